The molecule has 0 unspecified atom stereocenters. The van der Waals surface area contributed by atoms with Gasteiger partial charge in [-0.15, -0.1) is 0 Å². The van der Waals surface area contributed by atoms with Crippen LogP contribution in [0.5, 0.6) is 0 Å². The monoisotopic (exact) mass is 619 g/mol. The number of aryl methyl sites for hydroxylation is 1. The second-order valence-corrected chi connectivity index (χ2v) is 11.0. The van der Waals surface area contributed by atoms with Crippen LogP contribution in [0.4, 0.5) is 5.69 Å². The largest absolute Gasteiger partial charge is 0.469 e. The van der Waals surface area contributed by atoms with Crippen molar-refractivity contribution in [1.82, 2.24) is 9.80 Å². The molecule has 232 valence electrons. The maximum Gasteiger partial charge on any atom is 0.325 e. The third-order valence-electron chi connectivity index (χ3n) is 7.53. The van der Waals surface area contributed by atoms with Crippen molar-refractivity contribution >= 4 is 41.0 Å². The van der Waals surface area contributed by atoms with Gasteiger partial charge < -0.3 is 24.6 Å². The number of methoxy groups -OCH3 is 1. The average molecular weight is 620 g/mol. The maximum absolute atomic E-state index is 13.6. The van der Waals surface area contributed by atoms with Gasteiger partial charge in [0.2, 0.25) is 0 Å². The molecule has 0 saturated carbocycles. The number of esters is 2. The van der Waals surface area contributed by atoms with Crippen molar-refractivity contribution in [1.29, 1.82) is 0 Å². The lowest BCUT2D eigenvalue weighted by Gasteiger charge is -2.25. The Hall–Kier alpha value is -4.37. The van der Waals surface area contributed by atoms with Gasteiger partial charge in [0.05, 0.1) is 13.7 Å². The van der Waals surface area contributed by atoms with Gasteiger partial charge in [-0.3, -0.25) is 19.2 Å². The molecule has 1 saturated heterocycles. The zero-order chi connectivity index (χ0) is 31.5. The summed E-state index contributed by atoms with van der Waals surface area (Å²) >= 11 is 6.04. The minimum Gasteiger partial charge on any atom is -0.469 e. The zero-order valence-corrected chi connectivity index (χ0v) is 25.9. The Labute approximate surface area is 263 Å². The first kappa shape index (κ1) is 32.5. The van der Waals surface area contributed by atoms with Crippen LogP contribution in [0.15, 0.2) is 66.7 Å². The summed E-state index contributed by atoms with van der Waals surface area (Å²) < 4.78 is 10.0. The van der Waals surface area contributed by atoms with Crippen LogP contribution >= 0.6 is 11.6 Å². The Kier molecular flexibility index (Phi) is 11.8. The summed E-state index contributed by atoms with van der Waals surface area (Å²) in [5, 5.41) is 3.95. The molecular formula is C34H38ClN3O6. The molecule has 1 fully saturated rings. The average Bonchev–Trinajstić information content (AvgIpc) is 3.58. The highest BCUT2D eigenvalue weighted by Crippen LogP contribution is 2.26. The highest BCUT2D eigenvalue weighted by molar-refractivity contribution is 6.30. The van der Waals surface area contributed by atoms with Gasteiger partial charge in [-0.2, -0.15) is 0 Å². The fraction of sp³-hybridized carbons (Fsp3) is 0.353. The smallest absolute Gasteiger partial charge is 0.325 e. The first-order valence-corrected chi connectivity index (χ1v) is 15.2. The van der Waals surface area contributed by atoms with E-state index in [1.807, 2.05) is 47.4 Å². The second kappa shape index (κ2) is 15.9. The van der Waals surface area contributed by atoms with Crippen molar-refractivity contribution in [2.45, 2.75) is 45.7 Å². The van der Waals surface area contributed by atoms with Crippen LogP contribution in [0.25, 0.3) is 0 Å². The van der Waals surface area contributed by atoms with Gasteiger partial charge in [0.1, 0.15) is 6.54 Å². The Bertz CT molecular complexity index is 1450. The number of rotatable bonds is 13. The molecule has 0 atom stereocenters. The van der Waals surface area contributed by atoms with Gasteiger partial charge in [0.15, 0.2) is 0 Å². The van der Waals surface area contributed by atoms with E-state index in [0.29, 0.717) is 29.1 Å². The molecule has 1 heterocycles. The Morgan fingerprint density at radius 1 is 0.909 bits per heavy atom. The van der Waals surface area contributed by atoms with Crippen molar-refractivity contribution in [2.75, 3.05) is 38.7 Å². The number of nitrogens with one attached hydrogen (secondary N) is 1. The molecular weight excluding hydrogens is 582 g/mol. The fourth-order valence-corrected chi connectivity index (χ4v) is 5.28. The van der Waals surface area contributed by atoms with E-state index >= 15 is 0 Å². The summed E-state index contributed by atoms with van der Waals surface area (Å²) in [5.41, 5.74) is 4.37. The normalized spacial score (nSPS) is 12.5. The predicted octanol–water partition coefficient (Wildman–Crippen LogP) is 5.50. The molecule has 1 aliphatic rings. The highest BCUT2D eigenvalue weighted by Gasteiger charge is 2.23. The molecule has 0 radical (unpaired) electrons. The first-order chi connectivity index (χ1) is 21.3. The summed E-state index contributed by atoms with van der Waals surface area (Å²) in [6, 6.07) is 19.7. The van der Waals surface area contributed by atoms with E-state index in [-0.39, 0.29) is 43.9 Å². The van der Waals surface area contributed by atoms with Gasteiger partial charge in [0, 0.05) is 54.4 Å². The predicted molar refractivity (Wildman–Crippen MR) is 169 cm³/mol. The van der Waals surface area contributed by atoms with E-state index in [2.05, 4.69) is 5.32 Å². The summed E-state index contributed by atoms with van der Waals surface area (Å²) in [7, 11) is 1.34. The molecule has 0 aromatic heterocycles. The molecule has 2 amide bonds. The van der Waals surface area contributed by atoms with E-state index in [1.165, 1.54) is 12.0 Å². The standard InChI is InChI=1S/C34H38ClN3O6/c1-3-44-32(40)23-38(34(42)27-13-16-28(35)17-14-27)22-29-25(15-18-31(39)43-2)7-6-8-30(29)36-21-24-9-11-26(12-10-24)33(41)37-19-4-5-20-37/h6-14,16-17,36H,3-5,15,18-23H2,1-2H3. The number of carbonyl (C=O) groups is 4. The minimum atomic E-state index is -0.528. The highest BCUT2D eigenvalue weighted by atomic mass is 35.5. The first-order valence-electron chi connectivity index (χ1n) is 14.8. The molecule has 0 spiro atoms. The van der Waals surface area contributed by atoms with Crippen molar-refractivity contribution in [3.05, 3.63) is 99.6 Å². The van der Waals surface area contributed by atoms with E-state index in [1.54, 1.807) is 31.2 Å². The quantitative estimate of drug-likeness (QED) is 0.252. The number of halogens is 1. The molecule has 3 aromatic carbocycles. The summed E-state index contributed by atoms with van der Waals surface area (Å²) in [6.07, 6.45) is 2.62. The molecule has 0 bridgehead atoms. The zero-order valence-electron chi connectivity index (χ0n) is 25.1. The van der Waals surface area contributed by atoms with Crippen molar-refractivity contribution in [3.8, 4) is 0 Å². The van der Waals surface area contributed by atoms with Crippen LogP contribution in [0.1, 0.15) is 63.6 Å². The summed E-state index contributed by atoms with van der Waals surface area (Å²) in [4.78, 5) is 54.3. The van der Waals surface area contributed by atoms with Crippen LogP contribution in [0, 0.1) is 0 Å². The van der Waals surface area contributed by atoms with Crippen LogP contribution in [0.2, 0.25) is 5.02 Å². The topological polar surface area (TPSA) is 105 Å². The number of carbonyl (C=O) groups excluding carboxylic acids is 4. The number of ether oxygens (including phenoxy) is 2. The SMILES string of the molecule is CCOC(=O)CN(Cc1c(CCC(=O)OC)cccc1NCc1ccc(C(=O)N2CCCC2)cc1)C(=O)c1ccc(Cl)cc1. The van der Waals surface area contributed by atoms with E-state index in [4.69, 9.17) is 21.1 Å². The number of hydrogen-bond donors (Lipinski definition) is 1. The molecule has 4 rings (SSSR count). The molecule has 44 heavy (non-hydrogen) atoms. The van der Waals surface area contributed by atoms with Gasteiger partial charge in [-0.1, -0.05) is 35.9 Å². The Balaban J connectivity index is 1.59. The van der Waals surface area contributed by atoms with Gasteiger partial charge in [-0.25, -0.2) is 0 Å². The van der Waals surface area contributed by atoms with Crippen LogP contribution in [-0.4, -0.2) is 66.9 Å². The third kappa shape index (κ3) is 8.83. The lowest BCUT2D eigenvalue weighted by atomic mass is 9.99. The van der Waals surface area contributed by atoms with Crippen LogP contribution < -0.4 is 5.32 Å². The van der Waals surface area contributed by atoms with Crippen molar-refractivity contribution in [3.63, 3.8) is 0 Å². The van der Waals surface area contributed by atoms with Crippen LogP contribution in [0.3, 0.4) is 0 Å². The van der Waals surface area contributed by atoms with Crippen molar-refractivity contribution in [2.24, 2.45) is 0 Å². The van der Waals surface area contributed by atoms with Gasteiger partial charge in [-0.05, 0) is 85.3 Å². The number of nitrogens with zero attached hydrogens (tertiary/aromatic N) is 2. The lowest BCUT2D eigenvalue weighted by molar-refractivity contribution is -0.144. The molecule has 1 N–H and O–H groups in total. The fourth-order valence-electron chi connectivity index (χ4n) is 5.15. The minimum absolute atomic E-state index is 0.0506. The number of anilines is 1. The van der Waals surface area contributed by atoms with Gasteiger partial charge in [0.25, 0.3) is 11.8 Å². The van der Waals surface area contributed by atoms with E-state index in [9.17, 15) is 19.2 Å². The van der Waals surface area contributed by atoms with E-state index < -0.39 is 5.97 Å². The molecule has 1 aliphatic heterocycles. The molecule has 0 aliphatic carbocycles. The molecule has 10 heteroatoms. The maximum atomic E-state index is 13.6. The number of benzene rings is 3. The number of hydrogen-bond acceptors (Lipinski definition) is 7. The molecule has 9 nitrogen and oxygen atoms in total. The Morgan fingerprint density at radius 2 is 1.59 bits per heavy atom. The number of amides is 2. The summed E-state index contributed by atoms with van der Waals surface area (Å²) in [6.45, 7) is 3.77. The van der Waals surface area contributed by atoms with E-state index in [0.717, 1.165) is 48.3 Å². The summed E-state index contributed by atoms with van der Waals surface area (Å²) in [5.74, 6) is -1.19. The number of likely N-dealkylation sites (tertiary alicyclic amines) is 1. The van der Waals surface area contributed by atoms with Crippen LogP contribution in [-0.2, 0) is 38.6 Å². The van der Waals surface area contributed by atoms with Crippen molar-refractivity contribution < 1.29 is 28.7 Å². The molecule has 3 aromatic rings. The lowest BCUT2D eigenvalue weighted by Crippen LogP contribution is -2.36. The van der Waals surface area contributed by atoms with Gasteiger partial charge >= 0.3 is 11.9 Å². The third-order valence-corrected chi connectivity index (χ3v) is 7.78. The Morgan fingerprint density at radius 3 is 2.25 bits per heavy atom. The second-order valence-electron chi connectivity index (χ2n) is 10.5.